The Bertz CT molecular complexity index is 423. The number of nitrogens with one attached hydrogen (secondary N) is 2. The second-order valence-corrected chi connectivity index (χ2v) is 5.09. The van der Waals surface area contributed by atoms with Gasteiger partial charge in [0.2, 0.25) is 0 Å². The molecule has 18 heavy (non-hydrogen) atoms. The molecule has 0 radical (unpaired) electrons. The van der Waals surface area contributed by atoms with E-state index in [1.54, 1.807) is 0 Å². The molecule has 1 fully saturated rings. The highest BCUT2D eigenvalue weighted by molar-refractivity contribution is 5.95. The second kappa shape index (κ2) is 6.01. The number of carbonyl (C=O) groups excluding carboxylic acids is 1. The highest BCUT2D eigenvalue weighted by Gasteiger charge is 2.14. The normalized spacial score (nSPS) is 18.9. The molecular formula is C15H22N2O. The third-order valence-electron chi connectivity index (χ3n) is 3.79. The molecule has 0 aliphatic carbocycles. The number of amides is 1. The van der Waals surface area contributed by atoms with Crippen molar-refractivity contribution in [1.29, 1.82) is 0 Å². The molecule has 1 saturated heterocycles. The van der Waals surface area contributed by atoms with Crippen LogP contribution in [0.25, 0.3) is 0 Å². The van der Waals surface area contributed by atoms with Gasteiger partial charge in [0.15, 0.2) is 0 Å². The van der Waals surface area contributed by atoms with Crippen molar-refractivity contribution in [3.8, 4) is 0 Å². The Morgan fingerprint density at radius 1 is 1.44 bits per heavy atom. The Balaban J connectivity index is 1.85. The number of hydrogen-bond donors (Lipinski definition) is 2. The van der Waals surface area contributed by atoms with Crippen LogP contribution in [0.1, 0.15) is 40.7 Å². The Morgan fingerprint density at radius 3 is 3.00 bits per heavy atom. The molecule has 1 atom stereocenters. The maximum atomic E-state index is 12.1. The van der Waals surface area contributed by atoms with Gasteiger partial charge in [0.05, 0.1) is 0 Å². The van der Waals surface area contributed by atoms with Crippen LogP contribution >= 0.6 is 0 Å². The van der Waals surface area contributed by atoms with E-state index in [1.807, 2.05) is 32.0 Å². The molecule has 98 valence electrons. The van der Waals surface area contributed by atoms with Gasteiger partial charge in [-0.15, -0.1) is 0 Å². The van der Waals surface area contributed by atoms with Crippen LogP contribution in [0.5, 0.6) is 0 Å². The number of carbonyl (C=O) groups is 1. The Labute approximate surface area is 109 Å². The maximum absolute atomic E-state index is 12.1. The summed E-state index contributed by atoms with van der Waals surface area (Å²) in [6, 6.07) is 6.46. The highest BCUT2D eigenvalue weighted by Crippen LogP contribution is 2.12. The van der Waals surface area contributed by atoms with E-state index >= 15 is 0 Å². The lowest BCUT2D eigenvalue weighted by Crippen LogP contribution is -2.31. The van der Waals surface area contributed by atoms with E-state index in [0.717, 1.165) is 30.6 Å². The Hall–Kier alpha value is -1.35. The summed E-state index contributed by atoms with van der Waals surface area (Å²) in [7, 11) is 0. The van der Waals surface area contributed by atoms with Crippen molar-refractivity contribution in [2.45, 2.75) is 39.2 Å². The summed E-state index contributed by atoms with van der Waals surface area (Å²) in [6.45, 7) is 5.91. The molecular weight excluding hydrogens is 224 g/mol. The first-order valence-electron chi connectivity index (χ1n) is 6.76. The zero-order chi connectivity index (χ0) is 13.0. The van der Waals surface area contributed by atoms with E-state index in [0.29, 0.717) is 6.04 Å². The van der Waals surface area contributed by atoms with Crippen molar-refractivity contribution < 1.29 is 4.79 Å². The number of hydrogen-bond acceptors (Lipinski definition) is 2. The smallest absolute Gasteiger partial charge is 0.251 e. The maximum Gasteiger partial charge on any atom is 0.251 e. The molecule has 1 aromatic rings. The van der Waals surface area contributed by atoms with E-state index in [9.17, 15) is 4.79 Å². The summed E-state index contributed by atoms with van der Waals surface area (Å²) >= 11 is 0. The molecule has 1 aromatic carbocycles. The number of rotatable bonds is 4. The SMILES string of the molecule is Cc1cccc(C(=O)NCC[C@H]2CCCN2)c1C. The van der Waals surface area contributed by atoms with Crippen LogP contribution < -0.4 is 10.6 Å². The first-order chi connectivity index (χ1) is 8.68. The monoisotopic (exact) mass is 246 g/mol. The Morgan fingerprint density at radius 2 is 2.28 bits per heavy atom. The lowest BCUT2D eigenvalue weighted by atomic mass is 10.0. The molecule has 0 unspecified atom stereocenters. The molecule has 1 aliphatic heterocycles. The molecule has 3 heteroatoms. The largest absolute Gasteiger partial charge is 0.352 e. The summed E-state index contributed by atoms with van der Waals surface area (Å²) in [5.41, 5.74) is 3.04. The van der Waals surface area contributed by atoms with Crippen LogP contribution in [0.4, 0.5) is 0 Å². The average Bonchev–Trinajstić information content (AvgIpc) is 2.85. The minimum atomic E-state index is 0.0502. The van der Waals surface area contributed by atoms with Crippen molar-refractivity contribution in [3.05, 3.63) is 34.9 Å². The van der Waals surface area contributed by atoms with Crippen molar-refractivity contribution in [2.24, 2.45) is 0 Å². The van der Waals surface area contributed by atoms with Crippen LogP contribution in [0.2, 0.25) is 0 Å². The van der Waals surface area contributed by atoms with Gasteiger partial charge in [-0.05, 0) is 56.8 Å². The molecule has 1 aliphatic rings. The van der Waals surface area contributed by atoms with Gasteiger partial charge in [0, 0.05) is 18.2 Å². The summed E-state index contributed by atoms with van der Waals surface area (Å²) < 4.78 is 0. The molecule has 0 saturated carbocycles. The summed E-state index contributed by atoms with van der Waals surface area (Å²) in [5.74, 6) is 0.0502. The van der Waals surface area contributed by atoms with Gasteiger partial charge < -0.3 is 10.6 Å². The van der Waals surface area contributed by atoms with Crippen molar-refractivity contribution >= 4 is 5.91 Å². The van der Waals surface area contributed by atoms with Gasteiger partial charge in [-0.3, -0.25) is 4.79 Å². The van der Waals surface area contributed by atoms with E-state index < -0.39 is 0 Å². The molecule has 1 amide bonds. The van der Waals surface area contributed by atoms with Crippen LogP contribution in [0, 0.1) is 13.8 Å². The average molecular weight is 246 g/mol. The van der Waals surface area contributed by atoms with Crippen LogP contribution in [0.3, 0.4) is 0 Å². The van der Waals surface area contributed by atoms with Crippen molar-refractivity contribution in [1.82, 2.24) is 10.6 Å². The minimum absolute atomic E-state index is 0.0502. The molecule has 0 spiro atoms. The van der Waals surface area contributed by atoms with Crippen molar-refractivity contribution in [3.63, 3.8) is 0 Å². The van der Waals surface area contributed by atoms with Gasteiger partial charge in [-0.1, -0.05) is 12.1 Å². The molecule has 0 aromatic heterocycles. The van der Waals surface area contributed by atoms with Gasteiger partial charge >= 0.3 is 0 Å². The highest BCUT2D eigenvalue weighted by atomic mass is 16.1. The Kier molecular flexibility index (Phi) is 4.37. The van der Waals surface area contributed by atoms with Crippen LogP contribution in [-0.4, -0.2) is 25.0 Å². The lowest BCUT2D eigenvalue weighted by Gasteiger charge is -2.12. The minimum Gasteiger partial charge on any atom is -0.352 e. The third kappa shape index (κ3) is 3.10. The summed E-state index contributed by atoms with van der Waals surface area (Å²) in [5, 5.41) is 6.45. The fourth-order valence-electron chi connectivity index (χ4n) is 2.46. The van der Waals surface area contributed by atoms with Crippen LogP contribution in [0.15, 0.2) is 18.2 Å². The zero-order valence-electron chi connectivity index (χ0n) is 11.3. The van der Waals surface area contributed by atoms with Gasteiger partial charge in [0.1, 0.15) is 0 Å². The second-order valence-electron chi connectivity index (χ2n) is 5.09. The van der Waals surface area contributed by atoms with E-state index in [1.165, 1.54) is 18.4 Å². The summed E-state index contributed by atoms with van der Waals surface area (Å²) in [6.07, 6.45) is 3.52. The predicted molar refractivity (Wildman–Crippen MR) is 73.9 cm³/mol. The molecule has 3 nitrogen and oxygen atoms in total. The molecule has 0 bridgehead atoms. The first-order valence-corrected chi connectivity index (χ1v) is 6.76. The van der Waals surface area contributed by atoms with E-state index in [4.69, 9.17) is 0 Å². The van der Waals surface area contributed by atoms with Crippen molar-refractivity contribution in [2.75, 3.05) is 13.1 Å². The predicted octanol–water partition coefficient (Wildman–Crippen LogP) is 2.18. The van der Waals surface area contributed by atoms with E-state index in [2.05, 4.69) is 10.6 Å². The molecule has 2 rings (SSSR count). The number of aryl methyl sites for hydroxylation is 1. The van der Waals surface area contributed by atoms with Gasteiger partial charge in [0.25, 0.3) is 5.91 Å². The van der Waals surface area contributed by atoms with Crippen LogP contribution in [-0.2, 0) is 0 Å². The molecule has 1 heterocycles. The first kappa shape index (κ1) is 13.1. The van der Waals surface area contributed by atoms with E-state index in [-0.39, 0.29) is 5.91 Å². The summed E-state index contributed by atoms with van der Waals surface area (Å²) in [4.78, 5) is 12.1. The number of benzene rings is 1. The zero-order valence-corrected chi connectivity index (χ0v) is 11.3. The topological polar surface area (TPSA) is 41.1 Å². The lowest BCUT2D eigenvalue weighted by molar-refractivity contribution is 0.0951. The van der Waals surface area contributed by atoms with Gasteiger partial charge in [-0.25, -0.2) is 0 Å². The third-order valence-corrected chi connectivity index (χ3v) is 3.79. The molecule has 2 N–H and O–H groups in total. The fourth-order valence-corrected chi connectivity index (χ4v) is 2.46. The fraction of sp³-hybridized carbons (Fsp3) is 0.533. The van der Waals surface area contributed by atoms with Gasteiger partial charge in [-0.2, -0.15) is 0 Å². The quantitative estimate of drug-likeness (QED) is 0.855. The standard InChI is InChI=1S/C15H22N2O/c1-11-5-3-7-14(12(11)2)15(18)17-10-8-13-6-4-9-16-13/h3,5,7,13,16H,4,6,8-10H2,1-2H3,(H,17,18)/t13-/m1/s1.